The average molecular weight is 408 g/mol. The van der Waals surface area contributed by atoms with E-state index in [1.807, 2.05) is 13.0 Å². The molecule has 1 atom stereocenters. The number of furan rings is 1. The number of hydrogen-bond donors (Lipinski definition) is 2. The van der Waals surface area contributed by atoms with Gasteiger partial charge in [0.25, 0.3) is 5.91 Å². The smallest absolute Gasteiger partial charge is 0.291 e. The van der Waals surface area contributed by atoms with E-state index in [0.29, 0.717) is 22.2 Å². The van der Waals surface area contributed by atoms with Gasteiger partial charge in [0.2, 0.25) is 5.91 Å². The fourth-order valence-electron chi connectivity index (χ4n) is 3.60. The number of amides is 2. The van der Waals surface area contributed by atoms with Crippen molar-refractivity contribution >= 4 is 34.4 Å². The fraction of sp³-hybridized carbons (Fsp3) is 0.227. The maximum Gasteiger partial charge on any atom is 0.291 e. The van der Waals surface area contributed by atoms with Crippen molar-refractivity contribution < 1.29 is 18.4 Å². The van der Waals surface area contributed by atoms with Crippen molar-refractivity contribution in [3.63, 3.8) is 0 Å². The van der Waals surface area contributed by atoms with Gasteiger partial charge in [0.05, 0.1) is 12.0 Å². The molecule has 2 heterocycles. The van der Waals surface area contributed by atoms with Gasteiger partial charge in [-0.15, -0.1) is 0 Å². The number of nitrogens with zero attached hydrogens (tertiary/aromatic N) is 2. The van der Waals surface area contributed by atoms with E-state index >= 15 is 0 Å². The number of carbonyl (C=O) groups excluding carboxylic acids is 2. The summed E-state index contributed by atoms with van der Waals surface area (Å²) in [5.41, 5.74) is 7.32. The lowest BCUT2D eigenvalue weighted by atomic mass is 9.87. The molecule has 1 unspecified atom stereocenters. The van der Waals surface area contributed by atoms with Crippen LogP contribution in [0.1, 0.15) is 35.0 Å². The van der Waals surface area contributed by atoms with Crippen LogP contribution in [0.5, 0.6) is 0 Å². The van der Waals surface area contributed by atoms with Gasteiger partial charge in [-0.25, -0.2) is 9.38 Å². The molecule has 0 saturated heterocycles. The Morgan fingerprint density at radius 3 is 2.80 bits per heavy atom. The highest BCUT2D eigenvalue weighted by Gasteiger charge is 2.36. The molecule has 4 rings (SSSR count). The third-order valence-electron chi connectivity index (χ3n) is 5.42. The van der Waals surface area contributed by atoms with Crippen molar-refractivity contribution in [2.45, 2.75) is 25.8 Å². The Kier molecular flexibility index (Phi) is 4.57. The number of carbonyl (C=O) groups is 2. The number of nitrogens with two attached hydrogens (primary N) is 1. The Bertz CT molecular complexity index is 1220. The average Bonchev–Trinajstić information content (AvgIpc) is 3.02. The van der Waals surface area contributed by atoms with Crippen LogP contribution in [0.15, 0.2) is 51.9 Å². The Labute approximate surface area is 172 Å². The van der Waals surface area contributed by atoms with E-state index in [-0.39, 0.29) is 24.0 Å². The highest BCUT2D eigenvalue weighted by Crippen LogP contribution is 2.34. The normalized spacial score (nSPS) is 19.1. The molecule has 1 aliphatic heterocycles. The summed E-state index contributed by atoms with van der Waals surface area (Å²) in [5, 5.41) is 3.35. The van der Waals surface area contributed by atoms with Crippen LogP contribution in [0.3, 0.4) is 0 Å². The van der Waals surface area contributed by atoms with Gasteiger partial charge in [0.15, 0.2) is 11.7 Å². The SMILES string of the molecule is Cc1c(C(=O)Nc2cccc(C3(C)CC(=O)N(C)C(N)=N3)c2)oc2ccc(F)cc12. The van der Waals surface area contributed by atoms with Crippen LogP contribution in [0.25, 0.3) is 11.0 Å². The first kappa shape index (κ1) is 19.6. The largest absolute Gasteiger partial charge is 0.451 e. The molecule has 30 heavy (non-hydrogen) atoms. The monoisotopic (exact) mass is 408 g/mol. The summed E-state index contributed by atoms with van der Waals surface area (Å²) in [7, 11) is 1.58. The molecule has 0 aliphatic carbocycles. The molecule has 0 saturated carbocycles. The van der Waals surface area contributed by atoms with E-state index in [9.17, 15) is 14.0 Å². The number of anilines is 1. The molecule has 0 spiro atoms. The third-order valence-corrected chi connectivity index (χ3v) is 5.42. The second-order valence-corrected chi connectivity index (χ2v) is 7.60. The van der Waals surface area contributed by atoms with Gasteiger partial charge in [0, 0.05) is 23.7 Å². The molecule has 1 aliphatic rings. The van der Waals surface area contributed by atoms with Crippen molar-refractivity contribution in [3.05, 3.63) is 65.2 Å². The summed E-state index contributed by atoms with van der Waals surface area (Å²) < 4.78 is 19.1. The van der Waals surface area contributed by atoms with Crippen molar-refractivity contribution in [1.29, 1.82) is 0 Å². The summed E-state index contributed by atoms with van der Waals surface area (Å²) in [6.07, 6.45) is 0.163. The molecule has 0 bridgehead atoms. The highest BCUT2D eigenvalue weighted by molar-refractivity contribution is 6.06. The standard InChI is InChI=1S/C22H21FN4O3/c1-12-16-10-14(23)7-8-17(16)30-19(12)20(29)25-15-6-4-5-13(9-15)22(2)11-18(28)27(3)21(24)26-22/h4-10H,11H2,1-3H3,(H2,24,26)(H,25,29). The lowest BCUT2D eigenvalue weighted by Crippen LogP contribution is -2.47. The molecule has 0 fully saturated rings. The zero-order chi connectivity index (χ0) is 21.6. The van der Waals surface area contributed by atoms with Crippen molar-refractivity contribution in [1.82, 2.24) is 4.90 Å². The zero-order valence-corrected chi connectivity index (χ0v) is 16.8. The van der Waals surface area contributed by atoms with Crippen LogP contribution in [0.4, 0.5) is 10.1 Å². The molecular weight excluding hydrogens is 387 g/mol. The highest BCUT2D eigenvalue weighted by atomic mass is 19.1. The number of rotatable bonds is 3. The minimum Gasteiger partial charge on any atom is -0.451 e. The molecule has 2 amide bonds. The van der Waals surface area contributed by atoms with Gasteiger partial charge in [-0.2, -0.15) is 0 Å². The number of guanidine groups is 1. The maximum atomic E-state index is 13.5. The first-order valence-electron chi connectivity index (χ1n) is 9.40. The minimum absolute atomic E-state index is 0.115. The maximum absolute atomic E-state index is 13.5. The van der Waals surface area contributed by atoms with Gasteiger partial charge < -0.3 is 15.5 Å². The van der Waals surface area contributed by atoms with Crippen LogP contribution in [0.2, 0.25) is 0 Å². The molecule has 3 aromatic rings. The summed E-state index contributed by atoms with van der Waals surface area (Å²) in [6, 6.07) is 11.2. The Hall–Kier alpha value is -3.68. The van der Waals surface area contributed by atoms with Gasteiger partial charge in [-0.05, 0) is 49.7 Å². The van der Waals surface area contributed by atoms with Crippen molar-refractivity contribution in [2.24, 2.45) is 10.7 Å². The summed E-state index contributed by atoms with van der Waals surface area (Å²) in [6.45, 7) is 3.53. The van der Waals surface area contributed by atoms with Gasteiger partial charge in [-0.1, -0.05) is 12.1 Å². The molecule has 154 valence electrons. The number of benzene rings is 2. The van der Waals surface area contributed by atoms with Crippen molar-refractivity contribution in [3.8, 4) is 0 Å². The molecule has 0 radical (unpaired) electrons. The molecule has 2 aromatic carbocycles. The Morgan fingerprint density at radius 1 is 1.30 bits per heavy atom. The lowest BCUT2D eigenvalue weighted by Gasteiger charge is -2.33. The lowest BCUT2D eigenvalue weighted by molar-refractivity contribution is -0.128. The van der Waals surface area contributed by atoms with E-state index in [1.165, 1.54) is 23.1 Å². The minimum atomic E-state index is -0.832. The molecule has 3 N–H and O–H groups in total. The van der Waals surface area contributed by atoms with E-state index in [1.54, 1.807) is 32.2 Å². The molecule has 7 nitrogen and oxygen atoms in total. The van der Waals surface area contributed by atoms with Crippen LogP contribution in [-0.4, -0.2) is 29.7 Å². The zero-order valence-electron chi connectivity index (χ0n) is 16.8. The Balaban J connectivity index is 1.63. The van der Waals surface area contributed by atoms with E-state index < -0.39 is 17.3 Å². The Morgan fingerprint density at radius 2 is 2.07 bits per heavy atom. The first-order chi connectivity index (χ1) is 14.2. The summed E-state index contributed by atoms with van der Waals surface area (Å²) in [4.78, 5) is 30.8. The summed E-state index contributed by atoms with van der Waals surface area (Å²) in [5.74, 6) is -0.720. The van der Waals surface area contributed by atoms with E-state index in [4.69, 9.17) is 10.2 Å². The van der Waals surface area contributed by atoms with E-state index in [0.717, 1.165) is 5.56 Å². The van der Waals surface area contributed by atoms with Crippen LogP contribution in [-0.2, 0) is 10.3 Å². The van der Waals surface area contributed by atoms with E-state index in [2.05, 4.69) is 10.3 Å². The number of hydrogen-bond acceptors (Lipinski definition) is 5. The molecular formula is C22H21FN4O3. The summed E-state index contributed by atoms with van der Waals surface area (Å²) >= 11 is 0. The van der Waals surface area contributed by atoms with Gasteiger partial charge in [-0.3, -0.25) is 14.5 Å². The topological polar surface area (TPSA) is 101 Å². The van der Waals surface area contributed by atoms with Crippen LogP contribution >= 0.6 is 0 Å². The van der Waals surface area contributed by atoms with Crippen LogP contribution in [0, 0.1) is 12.7 Å². The number of fused-ring (bicyclic) bond motifs is 1. The first-order valence-corrected chi connectivity index (χ1v) is 9.40. The second-order valence-electron chi connectivity index (χ2n) is 7.60. The predicted octanol–water partition coefficient (Wildman–Crippen LogP) is 3.52. The molecule has 8 heteroatoms. The number of nitrogens with one attached hydrogen (secondary N) is 1. The van der Waals surface area contributed by atoms with Gasteiger partial charge in [0.1, 0.15) is 11.4 Å². The van der Waals surface area contributed by atoms with Crippen LogP contribution < -0.4 is 11.1 Å². The second kappa shape index (κ2) is 6.98. The quantitative estimate of drug-likeness (QED) is 0.692. The molecule has 1 aromatic heterocycles. The third kappa shape index (κ3) is 3.30. The number of halogens is 1. The number of aryl methyl sites for hydroxylation is 1. The predicted molar refractivity (Wildman–Crippen MR) is 112 cm³/mol. The van der Waals surface area contributed by atoms with Crippen molar-refractivity contribution in [2.75, 3.05) is 12.4 Å². The number of aliphatic imine (C=N–C) groups is 1. The van der Waals surface area contributed by atoms with Gasteiger partial charge >= 0.3 is 0 Å². The fourth-order valence-corrected chi connectivity index (χ4v) is 3.60.